The highest BCUT2D eigenvalue weighted by molar-refractivity contribution is 14.1. The van der Waals surface area contributed by atoms with Crippen LogP contribution in [0.2, 0.25) is 0 Å². The molecular formula is C84H67BBr6Cl2IO2Si2. The van der Waals surface area contributed by atoms with E-state index >= 15 is 0 Å². The fraction of sp³-hybridized carbons (Fsp3) is 0. The Hall–Kier alpha value is -6.31. The van der Waals surface area contributed by atoms with E-state index < -0.39 is 59.0 Å². The van der Waals surface area contributed by atoms with Gasteiger partial charge in [-0.2, -0.15) is 11.1 Å². The minimum atomic E-state index is -2.83. The van der Waals surface area contributed by atoms with Crippen molar-refractivity contribution < 1.29 is 37.5 Å². The van der Waals surface area contributed by atoms with E-state index in [2.05, 4.69) is 233 Å². The van der Waals surface area contributed by atoms with E-state index in [9.17, 15) is 0 Å². The van der Waals surface area contributed by atoms with E-state index in [-0.39, 0.29) is 120 Å². The Kier molecular flexibility index (Phi) is 24.1. The maximum absolute atomic E-state index is 8.81. The van der Waals surface area contributed by atoms with Crippen LogP contribution >= 0.6 is 142 Å². The first-order valence-corrected chi connectivity index (χ1v) is 39.5. The Morgan fingerprint density at radius 3 is 0.939 bits per heavy atom. The van der Waals surface area contributed by atoms with Crippen LogP contribution in [0.4, 0.5) is 0 Å². The summed E-state index contributed by atoms with van der Waals surface area (Å²) in [5.74, 6) is 0. The van der Waals surface area contributed by atoms with Gasteiger partial charge < -0.3 is 10.0 Å². The van der Waals surface area contributed by atoms with Gasteiger partial charge >= 0.3 is 7.12 Å². The molecule has 0 saturated heterocycles. The molecule has 0 amide bonds. The van der Waals surface area contributed by atoms with Gasteiger partial charge in [0, 0.05) is 30.4 Å². The molecule has 0 saturated carbocycles. The summed E-state index contributed by atoms with van der Waals surface area (Å²) in [5, 5.41) is 24.8. The maximum atomic E-state index is 8.81. The zero-order chi connectivity index (χ0) is 85.9. The molecule has 1 radical (unpaired) electrons. The second kappa shape index (κ2) is 43.4. The Morgan fingerprint density at radius 1 is 0.306 bits per heavy atom. The fourth-order valence-corrected chi connectivity index (χ4v) is 18.9. The number of hydrogen-bond donors (Lipinski definition) is 2. The van der Waals surface area contributed by atoms with E-state index in [1.54, 1.807) is 36.4 Å². The van der Waals surface area contributed by atoms with Crippen LogP contribution < -0.4 is 36.6 Å². The summed E-state index contributed by atoms with van der Waals surface area (Å²) in [7, 11) is -5.97. The first kappa shape index (κ1) is 54.4. The minimum Gasteiger partial charge on any atom is -0.423 e. The van der Waals surface area contributed by atoms with E-state index in [1.807, 2.05) is 115 Å². The van der Waals surface area contributed by atoms with Crippen LogP contribution in [0.3, 0.4) is 0 Å². The standard InChI is InChI=1S/C30H23BrSi.2C12H9Br.C12H10ClSi.C6H7BO2.C6H4Br2.C6H4BrI.ClH/c31-26-19-21-29(22-20-26)32(27-14-6-2-7-15-27,28-16-8-3-9-17-28)30-18-10-13-25(23-30)24-11-4-1-5-12-24;2*13-12-8-4-7-11(9-12)10-5-2-1-3-6-10;13-14(11-7-3-1-4-8-11)12-9-5-2-6-10-12;8-7(9)6-4-2-1-3-5-6;7-5-1-2-6(8)4-3-5;7-5-2-1-3-6(8)4-5;/h1-23H;2*1-9H;1-10H;1-5,8-9H;2*1-4H;1H/i1D,4D,5D,11D,12D;2*1D,2D,3D,5D,6D;;1D,2D,3D,4D,5D;;;. The zero-order valence-electron chi connectivity index (χ0n) is 71.3. The Morgan fingerprint density at radius 2 is 0.602 bits per heavy atom. The minimum absolute atomic E-state index is 0. The van der Waals surface area contributed by atoms with E-state index in [0.717, 1.165) is 32.0 Å². The third-order valence-corrected chi connectivity index (χ3v) is 24.9. The van der Waals surface area contributed by atoms with Crippen molar-refractivity contribution in [3.63, 3.8) is 0 Å². The monoisotopic (exact) mass is 1860 g/mol. The normalized spacial score (nSPS) is 13.0. The zero-order valence-corrected chi connectivity index (χ0v) is 66.6. The molecule has 2 N–H and O–H groups in total. The quantitative estimate of drug-likeness (QED) is 0.0620. The molecule has 0 heterocycles. The number of benzene rings is 14. The summed E-state index contributed by atoms with van der Waals surface area (Å²) in [6, 6.07) is 80.9. The molecule has 0 aromatic heterocycles. The average molecular weight is 1870 g/mol. The molecule has 0 bridgehead atoms. The first-order valence-electron chi connectivity index (χ1n) is 39.1. The van der Waals surface area contributed by atoms with Crippen molar-refractivity contribution in [2.24, 2.45) is 0 Å². The molecule has 0 spiro atoms. The lowest BCUT2D eigenvalue weighted by Crippen LogP contribution is -2.74. The lowest BCUT2D eigenvalue weighted by molar-refractivity contribution is 0.426. The van der Waals surface area contributed by atoms with Crippen LogP contribution in [0.5, 0.6) is 0 Å². The summed E-state index contributed by atoms with van der Waals surface area (Å²) >= 11 is 28.9. The summed E-state index contributed by atoms with van der Waals surface area (Å²) < 4.78 is 162. The Balaban J connectivity index is 0.000000203. The molecule has 0 unspecified atom stereocenters. The largest absolute Gasteiger partial charge is 0.488 e. The number of halogens is 9. The van der Waals surface area contributed by atoms with Gasteiger partial charge in [0.25, 0.3) is 0 Å². The number of rotatable bonds is 10. The molecule has 0 atom stereocenters. The van der Waals surface area contributed by atoms with Crippen molar-refractivity contribution in [1.82, 2.24) is 0 Å². The SMILES string of the molecule is Brc1ccc(Br)cc1.Brc1cccc(I)c1.Cl.Cl[Si](c1ccccc1)c1ccccc1.[2H]c1c([2H])c([2H])c(-c2cccc(Br)c2)c([2H])c1[2H].[2H]c1c([2H])c([2H])c(-c2cccc(Br)c2)c([2H])c1[2H].[2H]c1c([2H])c([2H])c(-c2cccc([Si](c3ccccc3)(c3ccccc3)c3ccc(Br)cc3)c2)c([2H])c1[2H].[2H]c1c([2H])c([2H])c(B(O)O)c([2H])c1[2H]. The molecule has 98 heavy (non-hydrogen) atoms. The highest BCUT2D eigenvalue weighted by Crippen LogP contribution is 2.25. The first-order chi connectivity index (χ1) is 55.5. The summed E-state index contributed by atoms with van der Waals surface area (Å²) in [5.41, 5.74) is 1.96. The Bertz CT molecular complexity index is 5450. The van der Waals surface area contributed by atoms with Crippen LogP contribution in [0.25, 0.3) is 33.4 Å². The van der Waals surface area contributed by atoms with Gasteiger partial charge in [-0.3, -0.25) is 0 Å². The number of hydrogen-bond acceptors (Lipinski definition) is 2. The van der Waals surface area contributed by atoms with Crippen LogP contribution in [0, 0.1) is 3.57 Å². The highest BCUT2D eigenvalue weighted by atomic mass is 127. The third-order valence-electron chi connectivity index (χ3n) is 13.4. The molecule has 2 nitrogen and oxygen atoms in total. The second-order valence-electron chi connectivity index (χ2n) is 19.9. The van der Waals surface area contributed by atoms with Crippen molar-refractivity contribution in [2.45, 2.75) is 0 Å². The van der Waals surface area contributed by atoms with Crippen LogP contribution in [0.1, 0.15) is 27.4 Å². The lowest BCUT2D eigenvalue weighted by Gasteiger charge is -2.34. The van der Waals surface area contributed by atoms with E-state index in [1.165, 1.54) is 29.5 Å². The molecule has 0 fully saturated rings. The average Bonchev–Trinajstić information content (AvgIpc) is 0.727. The predicted octanol–water partition coefficient (Wildman–Crippen LogP) is 21.8. The van der Waals surface area contributed by atoms with Gasteiger partial charge in [0.1, 0.15) is 0 Å². The smallest absolute Gasteiger partial charge is 0.423 e. The summed E-state index contributed by atoms with van der Waals surface area (Å²) in [6.45, 7) is 0. The van der Waals surface area contributed by atoms with E-state index in [4.69, 9.17) is 48.5 Å². The fourth-order valence-electron chi connectivity index (χ4n) is 9.07. The molecule has 489 valence electrons. The maximum Gasteiger partial charge on any atom is 0.488 e. The van der Waals surface area contributed by atoms with Crippen molar-refractivity contribution >= 4 is 202 Å². The van der Waals surface area contributed by atoms with Gasteiger partial charge in [0.2, 0.25) is 8.11 Å². The van der Waals surface area contributed by atoms with Gasteiger partial charge in [-0.25, -0.2) is 0 Å². The second-order valence-corrected chi connectivity index (χ2v) is 33.4. The van der Waals surface area contributed by atoms with Gasteiger partial charge in [0.15, 0.2) is 8.07 Å². The topological polar surface area (TPSA) is 40.5 Å². The molecule has 14 aromatic carbocycles. The van der Waals surface area contributed by atoms with Gasteiger partial charge in [-0.15, -0.1) is 12.4 Å². The van der Waals surface area contributed by atoms with Crippen molar-refractivity contribution in [1.29, 1.82) is 0 Å². The van der Waals surface area contributed by atoms with Gasteiger partial charge in [-0.1, -0.05) is 404 Å². The van der Waals surface area contributed by atoms with Crippen LogP contribution in [0.15, 0.2) is 415 Å². The van der Waals surface area contributed by atoms with Crippen molar-refractivity contribution in [2.75, 3.05) is 0 Å². The van der Waals surface area contributed by atoms with Crippen molar-refractivity contribution in [3.8, 4) is 33.4 Å². The molecular weight excluding hydrogens is 1790 g/mol. The van der Waals surface area contributed by atoms with E-state index in [0.29, 0.717) is 16.7 Å². The predicted molar refractivity (Wildman–Crippen MR) is 458 cm³/mol. The highest BCUT2D eigenvalue weighted by Gasteiger charge is 2.41. The van der Waals surface area contributed by atoms with Crippen LogP contribution in [-0.2, 0) is 0 Å². The molecule has 0 aliphatic rings. The molecule has 14 aromatic rings. The van der Waals surface area contributed by atoms with Crippen molar-refractivity contribution in [3.05, 3.63) is 418 Å². The lowest BCUT2D eigenvalue weighted by atomic mass is 9.81. The Labute approximate surface area is 684 Å². The van der Waals surface area contributed by atoms with Crippen LogP contribution in [-0.4, -0.2) is 33.3 Å². The van der Waals surface area contributed by atoms with Gasteiger partial charge in [0.05, 0.1) is 27.4 Å². The molecule has 0 aliphatic heterocycles. The molecule has 14 rings (SSSR count). The molecule has 0 aliphatic carbocycles. The van der Waals surface area contributed by atoms with Gasteiger partial charge in [-0.05, 0) is 171 Å². The molecule has 14 heteroatoms. The third kappa shape index (κ3) is 25.7. The summed E-state index contributed by atoms with van der Waals surface area (Å²) in [6.07, 6.45) is 0. The summed E-state index contributed by atoms with van der Waals surface area (Å²) in [4.78, 5) is 0.